The third-order valence-electron chi connectivity index (χ3n) is 2.00. The molecule has 1 aromatic rings. The summed E-state index contributed by atoms with van der Waals surface area (Å²) in [7, 11) is 0. The number of hydrogen-bond donors (Lipinski definition) is 1. The molecule has 0 bridgehead atoms. The molecule has 82 valence electrons. The van der Waals surface area contributed by atoms with Gasteiger partial charge in [-0.2, -0.15) is 0 Å². The highest BCUT2D eigenvalue weighted by molar-refractivity contribution is 6.30. The van der Waals surface area contributed by atoms with Crippen LogP contribution in [0.25, 0.3) is 0 Å². The topological polar surface area (TPSA) is 42.0 Å². The second-order valence-corrected chi connectivity index (χ2v) is 3.80. The molecule has 1 heterocycles. The van der Waals surface area contributed by atoms with Crippen LogP contribution in [0.4, 0.5) is 5.82 Å². The van der Waals surface area contributed by atoms with Crippen molar-refractivity contribution in [2.24, 2.45) is 0 Å². The number of aromatic nitrogens is 1. The Morgan fingerprint density at radius 2 is 2.33 bits per heavy atom. The lowest BCUT2D eigenvalue weighted by atomic mass is 10.2. The zero-order valence-electron chi connectivity index (χ0n) is 8.79. The molecule has 15 heavy (non-hydrogen) atoms. The summed E-state index contributed by atoms with van der Waals surface area (Å²) in [6.45, 7) is 2.11. The molecule has 0 fully saturated rings. The van der Waals surface area contributed by atoms with Gasteiger partial charge in [0.05, 0.1) is 0 Å². The van der Waals surface area contributed by atoms with E-state index in [4.69, 9.17) is 11.6 Å². The fourth-order valence-electron chi connectivity index (χ4n) is 1.21. The van der Waals surface area contributed by atoms with Crippen molar-refractivity contribution in [3.63, 3.8) is 0 Å². The molecular weight excluding hydrogens is 212 g/mol. The van der Waals surface area contributed by atoms with Gasteiger partial charge in [-0.05, 0) is 18.6 Å². The fourth-order valence-corrected chi connectivity index (χ4v) is 1.37. The quantitative estimate of drug-likeness (QED) is 0.784. The number of halogens is 1. The standard InChI is InChI=1S/C11H15ClN2O/c1-2-3-4-5-11(15)14-10-8-9(12)6-7-13-10/h6-8H,2-5H2,1H3,(H,13,14,15). The maximum absolute atomic E-state index is 11.4. The summed E-state index contributed by atoms with van der Waals surface area (Å²) in [5.74, 6) is 0.516. The van der Waals surface area contributed by atoms with Crippen molar-refractivity contribution in [3.05, 3.63) is 23.4 Å². The van der Waals surface area contributed by atoms with Gasteiger partial charge in [0.2, 0.25) is 5.91 Å². The highest BCUT2D eigenvalue weighted by atomic mass is 35.5. The van der Waals surface area contributed by atoms with Crippen LogP contribution < -0.4 is 5.32 Å². The van der Waals surface area contributed by atoms with Crippen molar-refractivity contribution in [2.45, 2.75) is 32.6 Å². The molecule has 0 atom stereocenters. The van der Waals surface area contributed by atoms with Crippen LogP contribution in [-0.4, -0.2) is 10.9 Å². The van der Waals surface area contributed by atoms with Crippen molar-refractivity contribution in [1.29, 1.82) is 0 Å². The molecule has 0 aliphatic rings. The van der Waals surface area contributed by atoms with Crippen molar-refractivity contribution in [2.75, 3.05) is 5.32 Å². The first kappa shape index (κ1) is 12.0. The smallest absolute Gasteiger partial charge is 0.225 e. The van der Waals surface area contributed by atoms with Crippen molar-refractivity contribution >= 4 is 23.3 Å². The van der Waals surface area contributed by atoms with Gasteiger partial charge in [0.1, 0.15) is 5.82 Å². The molecule has 0 saturated carbocycles. The number of anilines is 1. The molecule has 1 aromatic heterocycles. The van der Waals surface area contributed by atoms with Crippen LogP contribution in [0.2, 0.25) is 5.02 Å². The molecule has 0 aromatic carbocycles. The first-order valence-corrected chi connectivity index (χ1v) is 5.51. The Morgan fingerprint density at radius 3 is 3.00 bits per heavy atom. The largest absolute Gasteiger partial charge is 0.311 e. The Hall–Kier alpha value is -1.09. The molecule has 1 amide bonds. The second-order valence-electron chi connectivity index (χ2n) is 3.36. The SMILES string of the molecule is CCCCCC(=O)Nc1cc(Cl)ccn1. The highest BCUT2D eigenvalue weighted by Gasteiger charge is 2.02. The van der Waals surface area contributed by atoms with E-state index in [9.17, 15) is 4.79 Å². The van der Waals surface area contributed by atoms with Crippen LogP contribution in [0.1, 0.15) is 32.6 Å². The van der Waals surface area contributed by atoms with Gasteiger partial charge < -0.3 is 5.32 Å². The third-order valence-corrected chi connectivity index (χ3v) is 2.23. The van der Waals surface area contributed by atoms with E-state index in [-0.39, 0.29) is 5.91 Å². The Kier molecular flexibility index (Phi) is 5.12. The fraction of sp³-hybridized carbons (Fsp3) is 0.455. The number of carbonyl (C=O) groups is 1. The first-order chi connectivity index (χ1) is 7.22. The minimum Gasteiger partial charge on any atom is -0.311 e. The van der Waals surface area contributed by atoms with Crippen LogP contribution in [0.3, 0.4) is 0 Å². The summed E-state index contributed by atoms with van der Waals surface area (Å²) in [4.78, 5) is 15.4. The lowest BCUT2D eigenvalue weighted by molar-refractivity contribution is -0.116. The van der Waals surface area contributed by atoms with Gasteiger partial charge in [0, 0.05) is 17.6 Å². The van der Waals surface area contributed by atoms with Crippen LogP contribution in [-0.2, 0) is 4.79 Å². The minimum absolute atomic E-state index is 0.00165. The van der Waals surface area contributed by atoms with E-state index in [0.29, 0.717) is 17.3 Å². The minimum atomic E-state index is -0.00165. The zero-order valence-corrected chi connectivity index (χ0v) is 9.55. The summed E-state index contributed by atoms with van der Waals surface area (Å²) in [5.41, 5.74) is 0. The molecule has 0 saturated heterocycles. The molecule has 1 N–H and O–H groups in total. The third kappa shape index (κ3) is 4.79. The van der Waals surface area contributed by atoms with Gasteiger partial charge in [-0.3, -0.25) is 4.79 Å². The molecule has 0 spiro atoms. The predicted molar refractivity (Wildman–Crippen MR) is 62.0 cm³/mol. The van der Waals surface area contributed by atoms with Gasteiger partial charge in [0.25, 0.3) is 0 Å². The van der Waals surface area contributed by atoms with E-state index in [1.165, 1.54) is 0 Å². The van der Waals surface area contributed by atoms with E-state index < -0.39 is 0 Å². The Balaban J connectivity index is 2.37. The maximum atomic E-state index is 11.4. The summed E-state index contributed by atoms with van der Waals surface area (Å²) < 4.78 is 0. The number of rotatable bonds is 5. The number of pyridine rings is 1. The predicted octanol–water partition coefficient (Wildman–Crippen LogP) is 3.25. The van der Waals surface area contributed by atoms with E-state index in [2.05, 4.69) is 17.2 Å². The van der Waals surface area contributed by atoms with E-state index in [1.54, 1.807) is 18.3 Å². The first-order valence-electron chi connectivity index (χ1n) is 5.13. The lowest BCUT2D eigenvalue weighted by Gasteiger charge is -2.03. The summed E-state index contributed by atoms with van der Waals surface area (Å²) in [6, 6.07) is 3.31. The lowest BCUT2D eigenvalue weighted by Crippen LogP contribution is -2.11. The number of unbranched alkanes of at least 4 members (excludes halogenated alkanes) is 2. The van der Waals surface area contributed by atoms with Crippen molar-refractivity contribution in [3.8, 4) is 0 Å². The molecule has 3 nitrogen and oxygen atoms in total. The number of amides is 1. The van der Waals surface area contributed by atoms with Crippen LogP contribution in [0, 0.1) is 0 Å². The highest BCUT2D eigenvalue weighted by Crippen LogP contribution is 2.12. The van der Waals surface area contributed by atoms with Gasteiger partial charge in [-0.25, -0.2) is 4.98 Å². The van der Waals surface area contributed by atoms with Gasteiger partial charge in [0.15, 0.2) is 0 Å². The molecule has 0 aliphatic carbocycles. The van der Waals surface area contributed by atoms with Gasteiger partial charge in [-0.15, -0.1) is 0 Å². The summed E-state index contributed by atoms with van der Waals surface area (Å²) >= 11 is 5.76. The van der Waals surface area contributed by atoms with Crippen LogP contribution >= 0.6 is 11.6 Å². The number of nitrogens with one attached hydrogen (secondary N) is 1. The number of nitrogens with zero attached hydrogens (tertiary/aromatic N) is 1. The normalized spacial score (nSPS) is 10.0. The average molecular weight is 227 g/mol. The van der Waals surface area contributed by atoms with Crippen molar-refractivity contribution < 1.29 is 4.79 Å². The van der Waals surface area contributed by atoms with Crippen LogP contribution in [0.15, 0.2) is 18.3 Å². The molecule has 0 aliphatic heterocycles. The molecule has 0 radical (unpaired) electrons. The van der Waals surface area contributed by atoms with Gasteiger partial charge >= 0.3 is 0 Å². The maximum Gasteiger partial charge on any atom is 0.225 e. The zero-order chi connectivity index (χ0) is 11.1. The average Bonchev–Trinajstić information content (AvgIpc) is 2.18. The van der Waals surface area contributed by atoms with Crippen LogP contribution in [0.5, 0.6) is 0 Å². The van der Waals surface area contributed by atoms with Crippen molar-refractivity contribution in [1.82, 2.24) is 4.98 Å². The molecular formula is C11H15ClN2O. The Morgan fingerprint density at radius 1 is 1.53 bits per heavy atom. The second kappa shape index (κ2) is 6.40. The Bertz CT molecular complexity index is 328. The van der Waals surface area contributed by atoms with E-state index in [1.807, 2.05) is 0 Å². The summed E-state index contributed by atoms with van der Waals surface area (Å²) in [6.07, 6.45) is 5.23. The molecule has 1 rings (SSSR count). The van der Waals surface area contributed by atoms with Gasteiger partial charge in [-0.1, -0.05) is 31.4 Å². The number of carbonyl (C=O) groups excluding carboxylic acids is 1. The van der Waals surface area contributed by atoms with E-state index in [0.717, 1.165) is 19.3 Å². The molecule has 0 unspecified atom stereocenters. The van der Waals surface area contributed by atoms with E-state index >= 15 is 0 Å². The monoisotopic (exact) mass is 226 g/mol. The summed E-state index contributed by atoms with van der Waals surface area (Å²) in [5, 5.41) is 3.28. The molecule has 4 heteroatoms. The number of hydrogen-bond acceptors (Lipinski definition) is 2. The Labute approximate surface area is 94.9 Å².